The predicted molar refractivity (Wildman–Crippen MR) is 128 cm³/mol. The van der Waals surface area contributed by atoms with Crippen molar-refractivity contribution < 1.29 is 22.7 Å². The first-order valence-electron chi connectivity index (χ1n) is 12.2. The number of sulfonamides is 1. The monoisotopic (exact) mass is 495 g/mol. The Hall–Kier alpha value is -3.09. The molecule has 0 radical (unpaired) electrons. The van der Waals surface area contributed by atoms with E-state index in [-0.39, 0.29) is 41.4 Å². The third-order valence-corrected chi connectivity index (χ3v) is 9.08. The lowest BCUT2D eigenvalue weighted by Gasteiger charge is -2.34. The zero-order valence-corrected chi connectivity index (χ0v) is 20.4. The number of likely N-dealkylation sites (tertiary alicyclic amines) is 1. The minimum atomic E-state index is -3.78. The number of hydrogen-bond donors (Lipinski definition) is 0. The largest absolute Gasteiger partial charge is 0.490 e. The van der Waals surface area contributed by atoms with E-state index in [1.165, 1.54) is 16.4 Å². The fraction of sp³-hybridized carbons (Fsp3) is 0.462. The van der Waals surface area contributed by atoms with E-state index in [4.69, 9.17) is 9.47 Å². The van der Waals surface area contributed by atoms with Gasteiger partial charge in [-0.3, -0.25) is 4.79 Å². The first-order chi connectivity index (χ1) is 17.0. The SMILES string of the molecule is N#Cc1ccccc1S(=O)(=O)N1CCC(C(=O)N2CCC[C@H]2c2ccc3c(c2)OCCCO3)CC1. The molecule has 0 saturated carbocycles. The Bertz CT molecular complexity index is 1250. The van der Waals surface area contributed by atoms with Crippen LogP contribution in [-0.2, 0) is 14.8 Å². The molecule has 0 bridgehead atoms. The van der Waals surface area contributed by atoms with Gasteiger partial charge in [0.05, 0.1) is 29.7 Å². The summed E-state index contributed by atoms with van der Waals surface area (Å²) in [6.07, 6.45) is 3.61. The van der Waals surface area contributed by atoms with Gasteiger partial charge in [-0.05, 0) is 55.5 Å². The number of rotatable bonds is 4. The molecular weight excluding hydrogens is 466 g/mol. The second kappa shape index (κ2) is 9.88. The first kappa shape index (κ1) is 23.6. The van der Waals surface area contributed by atoms with Gasteiger partial charge in [0, 0.05) is 32.0 Å². The molecule has 5 rings (SSSR count). The Labute approximate surface area is 206 Å². The molecule has 1 atom stereocenters. The Balaban J connectivity index is 1.27. The summed E-state index contributed by atoms with van der Waals surface area (Å²) >= 11 is 0. The van der Waals surface area contributed by atoms with Crippen molar-refractivity contribution in [3.05, 3.63) is 53.6 Å². The minimum absolute atomic E-state index is 0.0103. The van der Waals surface area contributed by atoms with E-state index in [0.29, 0.717) is 32.6 Å². The van der Waals surface area contributed by atoms with Crippen molar-refractivity contribution in [3.63, 3.8) is 0 Å². The van der Waals surface area contributed by atoms with E-state index in [9.17, 15) is 18.5 Å². The number of ether oxygens (including phenoxy) is 2. The summed E-state index contributed by atoms with van der Waals surface area (Å²) in [6, 6.07) is 14.2. The van der Waals surface area contributed by atoms with E-state index >= 15 is 0 Å². The lowest BCUT2D eigenvalue weighted by Crippen LogP contribution is -2.44. The van der Waals surface area contributed by atoms with Crippen LogP contribution in [0, 0.1) is 17.2 Å². The third-order valence-electron chi connectivity index (χ3n) is 7.12. The zero-order chi connectivity index (χ0) is 24.4. The molecule has 3 aliphatic rings. The molecule has 0 N–H and O–H groups in total. The molecule has 8 nitrogen and oxygen atoms in total. The van der Waals surface area contributed by atoms with Crippen LogP contribution in [0.1, 0.15) is 49.3 Å². The van der Waals surface area contributed by atoms with Crippen LogP contribution in [0.4, 0.5) is 0 Å². The Kier molecular flexibility index (Phi) is 6.67. The van der Waals surface area contributed by atoms with Gasteiger partial charge < -0.3 is 14.4 Å². The number of nitrogens with zero attached hydrogens (tertiary/aromatic N) is 3. The molecule has 2 saturated heterocycles. The summed E-state index contributed by atoms with van der Waals surface area (Å²) < 4.78 is 39.3. The van der Waals surface area contributed by atoms with Gasteiger partial charge >= 0.3 is 0 Å². The van der Waals surface area contributed by atoms with Gasteiger partial charge in [0.1, 0.15) is 6.07 Å². The molecule has 2 fully saturated rings. The molecule has 2 aromatic carbocycles. The molecule has 9 heteroatoms. The van der Waals surface area contributed by atoms with E-state index < -0.39 is 10.0 Å². The van der Waals surface area contributed by atoms with Crippen molar-refractivity contribution in [2.75, 3.05) is 32.8 Å². The normalized spacial score (nSPS) is 21.3. The number of hydrogen-bond acceptors (Lipinski definition) is 6. The minimum Gasteiger partial charge on any atom is -0.490 e. The van der Waals surface area contributed by atoms with Crippen LogP contribution in [0.25, 0.3) is 0 Å². The highest BCUT2D eigenvalue weighted by Gasteiger charge is 2.38. The first-order valence-corrected chi connectivity index (χ1v) is 13.6. The fourth-order valence-electron chi connectivity index (χ4n) is 5.26. The van der Waals surface area contributed by atoms with Crippen molar-refractivity contribution in [1.29, 1.82) is 5.26 Å². The molecule has 0 spiro atoms. The van der Waals surface area contributed by atoms with Crippen LogP contribution in [-0.4, -0.2) is 56.4 Å². The number of nitriles is 1. The molecule has 0 aliphatic carbocycles. The Morgan fingerprint density at radius 2 is 1.69 bits per heavy atom. The number of fused-ring (bicyclic) bond motifs is 1. The quantitative estimate of drug-likeness (QED) is 0.644. The van der Waals surface area contributed by atoms with Crippen LogP contribution in [0.5, 0.6) is 11.5 Å². The van der Waals surface area contributed by atoms with E-state index in [0.717, 1.165) is 36.3 Å². The van der Waals surface area contributed by atoms with Crippen LogP contribution in [0.15, 0.2) is 47.4 Å². The van der Waals surface area contributed by atoms with Crippen molar-refractivity contribution in [1.82, 2.24) is 9.21 Å². The maximum absolute atomic E-state index is 13.5. The van der Waals surface area contributed by atoms with Gasteiger partial charge in [0.15, 0.2) is 11.5 Å². The van der Waals surface area contributed by atoms with Crippen molar-refractivity contribution in [2.24, 2.45) is 5.92 Å². The standard InChI is InChI=1S/C26H29N3O5S/c27-18-21-5-1-2-7-25(21)35(31,32)28-13-10-19(11-14-28)26(30)29-12-3-6-22(29)20-8-9-23-24(17-20)34-16-4-15-33-23/h1-2,5,7-9,17,19,22H,3-4,6,10-16H2/t22-/m0/s1. The maximum Gasteiger partial charge on any atom is 0.244 e. The van der Waals surface area contributed by atoms with Gasteiger partial charge in [-0.15, -0.1) is 0 Å². The summed E-state index contributed by atoms with van der Waals surface area (Å²) in [7, 11) is -3.78. The summed E-state index contributed by atoms with van der Waals surface area (Å²) in [4.78, 5) is 15.5. The molecule has 184 valence electrons. The van der Waals surface area contributed by atoms with Crippen molar-refractivity contribution in [2.45, 2.75) is 43.0 Å². The van der Waals surface area contributed by atoms with Crippen molar-refractivity contribution in [3.8, 4) is 17.6 Å². The second-order valence-corrected chi connectivity index (χ2v) is 11.1. The third kappa shape index (κ3) is 4.60. The van der Waals surface area contributed by atoms with Gasteiger partial charge in [-0.1, -0.05) is 18.2 Å². The number of benzene rings is 2. The average molecular weight is 496 g/mol. The highest BCUT2D eigenvalue weighted by Crippen LogP contribution is 2.39. The number of carbonyl (C=O) groups excluding carboxylic acids is 1. The second-order valence-electron chi connectivity index (χ2n) is 9.23. The molecule has 2 aromatic rings. The zero-order valence-electron chi connectivity index (χ0n) is 19.6. The van der Waals surface area contributed by atoms with Crippen LogP contribution < -0.4 is 9.47 Å². The Morgan fingerprint density at radius 1 is 0.943 bits per heavy atom. The Morgan fingerprint density at radius 3 is 2.46 bits per heavy atom. The van der Waals surface area contributed by atoms with E-state index in [2.05, 4.69) is 0 Å². The number of piperidine rings is 1. The number of carbonyl (C=O) groups is 1. The van der Waals surface area contributed by atoms with Gasteiger partial charge in [0.2, 0.25) is 15.9 Å². The van der Waals surface area contributed by atoms with Crippen LogP contribution in [0.3, 0.4) is 0 Å². The van der Waals surface area contributed by atoms with Gasteiger partial charge in [-0.2, -0.15) is 9.57 Å². The fourth-order valence-corrected chi connectivity index (χ4v) is 6.88. The highest BCUT2D eigenvalue weighted by molar-refractivity contribution is 7.89. The molecule has 0 unspecified atom stereocenters. The molecule has 3 aliphatic heterocycles. The predicted octanol–water partition coefficient (Wildman–Crippen LogP) is 3.48. The van der Waals surface area contributed by atoms with Gasteiger partial charge in [0.25, 0.3) is 0 Å². The average Bonchev–Trinajstić information content (AvgIpc) is 3.26. The topological polar surface area (TPSA) is 99.9 Å². The number of amides is 1. The van der Waals surface area contributed by atoms with Crippen LogP contribution >= 0.6 is 0 Å². The molecule has 0 aromatic heterocycles. The molecule has 3 heterocycles. The smallest absolute Gasteiger partial charge is 0.244 e. The molecule has 1 amide bonds. The van der Waals surface area contributed by atoms with Crippen LogP contribution in [0.2, 0.25) is 0 Å². The highest BCUT2D eigenvalue weighted by atomic mass is 32.2. The van der Waals surface area contributed by atoms with Crippen molar-refractivity contribution >= 4 is 15.9 Å². The van der Waals surface area contributed by atoms with E-state index in [1.807, 2.05) is 29.2 Å². The molecule has 35 heavy (non-hydrogen) atoms. The lowest BCUT2D eigenvalue weighted by molar-refractivity contribution is -0.137. The summed E-state index contributed by atoms with van der Waals surface area (Å²) in [5.41, 5.74) is 1.19. The maximum atomic E-state index is 13.5. The molecular formula is C26H29N3O5S. The summed E-state index contributed by atoms with van der Waals surface area (Å²) in [5.74, 6) is 1.35. The lowest BCUT2D eigenvalue weighted by atomic mass is 9.95. The summed E-state index contributed by atoms with van der Waals surface area (Å²) in [6.45, 7) is 2.48. The van der Waals surface area contributed by atoms with E-state index in [1.54, 1.807) is 12.1 Å². The summed E-state index contributed by atoms with van der Waals surface area (Å²) in [5, 5.41) is 9.32. The van der Waals surface area contributed by atoms with Gasteiger partial charge in [-0.25, -0.2) is 8.42 Å².